The van der Waals surface area contributed by atoms with Gasteiger partial charge in [-0.25, -0.2) is 0 Å². The molecule has 1 fully saturated rings. The topological polar surface area (TPSA) is 58.4 Å². The van der Waals surface area contributed by atoms with Crippen molar-refractivity contribution in [2.75, 3.05) is 26.2 Å². The molecule has 0 saturated carbocycles. The zero-order valence-corrected chi connectivity index (χ0v) is 16.4. The fraction of sp³-hybridized carbons (Fsp3) is 0.533. The van der Waals surface area contributed by atoms with Crippen LogP contribution in [0.15, 0.2) is 25.9 Å². The number of allylic oxidation sites excluding steroid dienone is 1. The summed E-state index contributed by atoms with van der Waals surface area (Å²) in [4.78, 5) is 14.5. The molecule has 0 bridgehead atoms. The molecule has 1 saturated heterocycles. The van der Waals surface area contributed by atoms with E-state index in [9.17, 15) is 4.79 Å². The molecule has 1 amide bonds. The van der Waals surface area contributed by atoms with Crippen molar-refractivity contribution in [3.05, 3.63) is 31.4 Å². The molecular formula is C15H22InN3OS. The zero-order chi connectivity index (χ0) is 14.7. The van der Waals surface area contributed by atoms with Crippen LogP contribution in [0.1, 0.15) is 18.4 Å². The van der Waals surface area contributed by atoms with Crippen molar-refractivity contribution in [1.29, 1.82) is 0 Å². The SMILES string of the molecule is N[C](=O)[In]1[CH2]CCC(Cc2ccsc2)=[C]1N1CCNCC1. The first-order chi connectivity index (χ1) is 10.3. The number of amides is 1. The van der Waals surface area contributed by atoms with Crippen LogP contribution < -0.4 is 11.1 Å². The summed E-state index contributed by atoms with van der Waals surface area (Å²) in [7, 11) is 0. The van der Waals surface area contributed by atoms with Gasteiger partial charge >= 0.3 is 138 Å². The zero-order valence-electron chi connectivity index (χ0n) is 12.3. The molecule has 3 rings (SSSR count). The third kappa shape index (κ3) is 3.66. The molecule has 21 heavy (non-hydrogen) atoms. The van der Waals surface area contributed by atoms with Crippen LogP contribution in [-0.4, -0.2) is 56.2 Å². The van der Waals surface area contributed by atoms with E-state index < -0.39 is 21.4 Å². The number of thiophene rings is 1. The van der Waals surface area contributed by atoms with Gasteiger partial charge in [-0.05, 0) is 0 Å². The number of nitrogens with one attached hydrogen (secondary N) is 1. The molecule has 4 nitrogen and oxygen atoms in total. The average Bonchev–Trinajstić information content (AvgIpc) is 3.01. The van der Waals surface area contributed by atoms with Crippen LogP contribution in [0.3, 0.4) is 0 Å². The van der Waals surface area contributed by atoms with Crippen molar-refractivity contribution in [3.63, 3.8) is 0 Å². The molecular weight excluding hydrogens is 385 g/mol. The molecule has 3 heterocycles. The second-order valence-electron chi connectivity index (χ2n) is 5.88. The molecule has 3 N–H and O–H groups in total. The summed E-state index contributed by atoms with van der Waals surface area (Å²) in [6, 6.07) is 2.20. The molecule has 0 atom stereocenters. The van der Waals surface area contributed by atoms with Crippen molar-refractivity contribution in [3.8, 4) is 0 Å². The Balaban J connectivity index is 1.92. The van der Waals surface area contributed by atoms with E-state index >= 15 is 0 Å². The summed E-state index contributed by atoms with van der Waals surface area (Å²) in [5.41, 5.74) is 8.68. The molecule has 0 unspecified atom stereocenters. The van der Waals surface area contributed by atoms with Gasteiger partial charge in [-0.1, -0.05) is 0 Å². The van der Waals surface area contributed by atoms with Gasteiger partial charge in [-0.3, -0.25) is 0 Å². The van der Waals surface area contributed by atoms with Gasteiger partial charge in [-0.2, -0.15) is 0 Å². The van der Waals surface area contributed by atoms with E-state index in [4.69, 9.17) is 5.73 Å². The van der Waals surface area contributed by atoms with Crippen LogP contribution in [0, 0.1) is 0 Å². The second kappa shape index (κ2) is 7.20. The molecule has 1 aromatic rings. The molecule has 2 aliphatic heterocycles. The van der Waals surface area contributed by atoms with E-state index in [1.54, 1.807) is 11.3 Å². The molecule has 0 aromatic carbocycles. The van der Waals surface area contributed by atoms with Crippen LogP contribution >= 0.6 is 11.3 Å². The van der Waals surface area contributed by atoms with Gasteiger partial charge in [0.05, 0.1) is 0 Å². The van der Waals surface area contributed by atoms with Gasteiger partial charge in [0.2, 0.25) is 0 Å². The predicted molar refractivity (Wildman–Crippen MR) is 88.9 cm³/mol. The van der Waals surface area contributed by atoms with E-state index in [-0.39, 0.29) is 3.66 Å². The van der Waals surface area contributed by atoms with E-state index in [2.05, 4.69) is 27.0 Å². The minimum absolute atomic E-state index is 0.0489. The number of primary amides is 1. The first-order valence-corrected chi connectivity index (χ1v) is 14.3. The summed E-state index contributed by atoms with van der Waals surface area (Å²) < 4.78 is 2.61. The third-order valence-electron chi connectivity index (χ3n) is 4.46. The molecule has 2 aliphatic rings. The van der Waals surface area contributed by atoms with Crippen LogP contribution in [-0.2, 0) is 6.42 Å². The van der Waals surface area contributed by atoms with Crippen molar-refractivity contribution in [2.45, 2.75) is 23.4 Å². The van der Waals surface area contributed by atoms with Gasteiger partial charge in [0.15, 0.2) is 0 Å². The first kappa shape index (κ1) is 15.4. The fourth-order valence-corrected chi connectivity index (χ4v) is 12.4. The third-order valence-corrected chi connectivity index (χ3v) is 14.1. The number of carbonyl (C=O) groups excluding carboxylic acids is 1. The molecule has 0 aliphatic carbocycles. The Morgan fingerprint density at radius 1 is 1.43 bits per heavy atom. The van der Waals surface area contributed by atoms with Gasteiger partial charge in [0, 0.05) is 0 Å². The summed E-state index contributed by atoms with van der Waals surface area (Å²) in [5.74, 6) is 0. The Labute approximate surface area is 137 Å². The fourth-order valence-electron chi connectivity index (χ4n) is 3.48. The second-order valence-corrected chi connectivity index (χ2v) is 14.6. The Kier molecular flexibility index (Phi) is 5.29. The Morgan fingerprint density at radius 3 is 2.90 bits per heavy atom. The van der Waals surface area contributed by atoms with E-state index in [1.165, 1.54) is 21.0 Å². The Morgan fingerprint density at radius 2 is 2.24 bits per heavy atom. The van der Waals surface area contributed by atoms with Gasteiger partial charge in [-0.15, -0.1) is 0 Å². The van der Waals surface area contributed by atoms with Crippen LogP contribution in [0.2, 0.25) is 4.18 Å². The maximum absolute atomic E-state index is 12.0. The molecule has 0 radical (unpaired) electrons. The minimum atomic E-state index is -2.44. The van der Waals surface area contributed by atoms with Crippen molar-refractivity contribution in [1.82, 2.24) is 10.2 Å². The number of hydrogen-bond donors (Lipinski definition) is 2. The number of piperazine rings is 1. The number of hydrogen-bond acceptors (Lipinski definition) is 4. The van der Waals surface area contributed by atoms with Crippen molar-refractivity contribution in [2.24, 2.45) is 5.73 Å². The first-order valence-electron chi connectivity index (χ1n) is 7.73. The summed E-state index contributed by atoms with van der Waals surface area (Å²) in [6.07, 6.45) is 3.33. The molecule has 0 spiro atoms. The number of nitrogens with zero attached hydrogens (tertiary/aromatic N) is 1. The van der Waals surface area contributed by atoms with Gasteiger partial charge < -0.3 is 0 Å². The monoisotopic (exact) mass is 407 g/mol. The van der Waals surface area contributed by atoms with Crippen molar-refractivity contribution < 1.29 is 4.79 Å². The predicted octanol–water partition coefficient (Wildman–Crippen LogP) is 1.94. The Bertz CT molecular complexity index is 523. The van der Waals surface area contributed by atoms with Crippen molar-refractivity contribution >= 4 is 36.4 Å². The number of rotatable bonds is 4. The number of carbonyl (C=O) groups is 1. The summed E-state index contributed by atoms with van der Waals surface area (Å²) in [6.45, 7) is 4.10. The van der Waals surface area contributed by atoms with E-state index in [0.717, 1.165) is 43.2 Å². The quantitative estimate of drug-likeness (QED) is 0.803. The summed E-state index contributed by atoms with van der Waals surface area (Å²) in [5, 5.41) is 7.77. The van der Waals surface area contributed by atoms with E-state index in [0.29, 0.717) is 0 Å². The van der Waals surface area contributed by atoms with Gasteiger partial charge in [0.25, 0.3) is 0 Å². The molecule has 112 valence electrons. The Hall–Kier alpha value is -0.460. The standard InChI is InChI=1S/C14H20N2S.CH2NO.In/c1-2-3-13(10-14-4-9-17-12-14)11-16-7-5-15-6-8-16;2-1-3;/h4,9,12,15H,1-3,5-8,10H2;(H2,2,3);. The number of nitrogens with two attached hydrogens (primary N) is 1. The summed E-state index contributed by atoms with van der Waals surface area (Å²) >= 11 is -0.693. The average molecular weight is 407 g/mol. The van der Waals surface area contributed by atoms with E-state index in [1.807, 2.05) is 0 Å². The normalized spacial score (nSPS) is 20.0. The molecule has 1 aromatic heterocycles. The van der Waals surface area contributed by atoms with Crippen LogP contribution in [0.5, 0.6) is 0 Å². The molecule has 6 heteroatoms. The van der Waals surface area contributed by atoms with Crippen LogP contribution in [0.25, 0.3) is 0 Å². The van der Waals surface area contributed by atoms with Crippen LogP contribution in [0.4, 0.5) is 4.79 Å². The van der Waals surface area contributed by atoms with Gasteiger partial charge in [0.1, 0.15) is 0 Å². The maximum atomic E-state index is 12.0.